The molecule has 1 aromatic heterocycles. The number of hydrogen-bond acceptors (Lipinski definition) is 5. The number of aromatic hydroxyl groups is 1. The summed E-state index contributed by atoms with van der Waals surface area (Å²) in [5.41, 5.74) is -0.232. The Bertz CT molecular complexity index is 639. The molecule has 2 heterocycles. The van der Waals surface area contributed by atoms with Crippen LogP contribution in [0, 0.1) is 4.77 Å². The van der Waals surface area contributed by atoms with Gasteiger partial charge in [0.2, 0.25) is 5.88 Å². The lowest BCUT2D eigenvalue weighted by Crippen LogP contribution is -2.19. The van der Waals surface area contributed by atoms with E-state index in [2.05, 4.69) is 9.98 Å². The normalized spacial score (nSPS) is 22.7. The number of H-pyrrole nitrogens is 1. The molecular formula is C13H17N3O3S. The van der Waals surface area contributed by atoms with Crippen LogP contribution in [0.25, 0.3) is 0 Å². The number of nitrogens with one attached hydrogen (secondary N) is 1. The van der Waals surface area contributed by atoms with E-state index in [1.165, 1.54) is 6.21 Å². The molecule has 6 nitrogen and oxygen atoms in total. The van der Waals surface area contributed by atoms with Crippen LogP contribution >= 0.6 is 12.2 Å². The third kappa shape index (κ3) is 2.69. The number of rotatable bonds is 4. The van der Waals surface area contributed by atoms with E-state index in [0.29, 0.717) is 6.54 Å². The number of aliphatic imine (C=N–C) groups is 1. The highest BCUT2D eigenvalue weighted by Crippen LogP contribution is 2.37. The first-order valence-corrected chi connectivity index (χ1v) is 7.27. The smallest absolute Gasteiger partial charge is 0.264 e. The van der Waals surface area contributed by atoms with Crippen LogP contribution in [-0.2, 0) is 4.74 Å². The van der Waals surface area contributed by atoms with E-state index in [-0.39, 0.29) is 28.4 Å². The van der Waals surface area contributed by atoms with Crippen LogP contribution in [0.3, 0.4) is 0 Å². The fourth-order valence-corrected chi connectivity index (χ4v) is 2.72. The SMILES string of the molecule is O=c1[nH]c(=S)n(C2CC2)c(O)c1C=NC[C@@H]1CCCO1. The topological polar surface area (TPSA) is 79.6 Å². The third-order valence-corrected chi connectivity index (χ3v) is 3.92. The van der Waals surface area contributed by atoms with Gasteiger partial charge < -0.3 is 9.84 Å². The summed E-state index contributed by atoms with van der Waals surface area (Å²) in [7, 11) is 0. The Morgan fingerprint density at radius 1 is 1.50 bits per heavy atom. The van der Waals surface area contributed by atoms with Crippen molar-refractivity contribution in [3.8, 4) is 5.88 Å². The Morgan fingerprint density at radius 3 is 2.95 bits per heavy atom. The molecule has 1 aliphatic heterocycles. The zero-order valence-corrected chi connectivity index (χ0v) is 11.9. The van der Waals surface area contributed by atoms with Crippen molar-refractivity contribution < 1.29 is 9.84 Å². The second-order valence-electron chi connectivity index (χ2n) is 5.23. The Labute approximate surface area is 121 Å². The van der Waals surface area contributed by atoms with Gasteiger partial charge in [0.05, 0.1) is 12.6 Å². The van der Waals surface area contributed by atoms with Gasteiger partial charge in [-0.15, -0.1) is 0 Å². The minimum atomic E-state index is -0.402. The Hall–Kier alpha value is -1.47. The Kier molecular flexibility index (Phi) is 3.71. The molecule has 0 radical (unpaired) electrons. The van der Waals surface area contributed by atoms with E-state index in [1.54, 1.807) is 4.57 Å². The highest BCUT2D eigenvalue weighted by molar-refractivity contribution is 7.71. The van der Waals surface area contributed by atoms with Crippen LogP contribution in [0.4, 0.5) is 0 Å². The summed E-state index contributed by atoms with van der Waals surface area (Å²) < 4.78 is 7.33. The highest BCUT2D eigenvalue weighted by atomic mass is 32.1. The minimum Gasteiger partial charge on any atom is -0.494 e. The summed E-state index contributed by atoms with van der Waals surface area (Å²) in [5, 5.41) is 10.2. The van der Waals surface area contributed by atoms with Gasteiger partial charge in [0, 0.05) is 18.9 Å². The number of aromatic amines is 1. The van der Waals surface area contributed by atoms with Gasteiger partial charge in [-0.25, -0.2) is 0 Å². The molecule has 3 rings (SSSR count). The first-order valence-electron chi connectivity index (χ1n) is 6.86. The fraction of sp³-hybridized carbons (Fsp3) is 0.615. The van der Waals surface area contributed by atoms with Crippen LogP contribution in [0.15, 0.2) is 9.79 Å². The molecule has 2 N–H and O–H groups in total. The molecule has 1 saturated heterocycles. The average Bonchev–Trinajstić information content (AvgIpc) is 3.09. The lowest BCUT2D eigenvalue weighted by atomic mass is 10.2. The van der Waals surface area contributed by atoms with Crippen molar-refractivity contribution in [3.05, 3.63) is 20.7 Å². The first-order chi connectivity index (χ1) is 9.66. The van der Waals surface area contributed by atoms with Gasteiger partial charge in [-0.2, -0.15) is 0 Å². The van der Waals surface area contributed by atoms with Gasteiger partial charge in [0.25, 0.3) is 5.56 Å². The molecule has 7 heteroatoms. The molecule has 1 saturated carbocycles. The van der Waals surface area contributed by atoms with Crippen molar-refractivity contribution in [1.29, 1.82) is 0 Å². The van der Waals surface area contributed by atoms with Crippen LogP contribution in [0.5, 0.6) is 5.88 Å². The fourth-order valence-electron chi connectivity index (χ4n) is 2.39. The van der Waals surface area contributed by atoms with Crippen LogP contribution in [-0.4, -0.2) is 40.1 Å². The average molecular weight is 295 g/mol. The maximum absolute atomic E-state index is 11.9. The Balaban J connectivity index is 1.84. The lowest BCUT2D eigenvalue weighted by Gasteiger charge is -2.09. The molecule has 1 aliphatic carbocycles. The number of aromatic nitrogens is 2. The summed E-state index contributed by atoms with van der Waals surface area (Å²) >= 11 is 5.09. The molecule has 20 heavy (non-hydrogen) atoms. The molecule has 2 aliphatic rings. The summed E-state index contributed by atoms with van der Waals surface area (Å²) in [5.74, 6) is -0.0858. The van der Waals surface area contributed by atoms with Crippen molar-refractivity contribution in [2.45, 2.75) is 37.8 Å². The molecule has 1 aromatic rings. The minimum absolute atomic E-state index is 0.0858. The second-order valence-corrected chi connectivity index (χ2v) is 5.61. The summed E-state index contributed by atoms with van der Waals surface area (Å²) in [6, 6.07) is 0.199. The number of hydrogen-bond donors (Lipinski definition) is 2. The van der Waals surface area contributed by atoms with Crippen molar-refractivity contribution in [1.82, 2.24) is 9.55 Å². The molecule has 0 bridgehead atoms. The second kappa shape index (κ2) is 5.49. The van der Waals surface area contributed by atoms with E-state index < -0.39 is 5.56 Å². The first kappa shape index (κ1) is 13.5. The van der Waals surface area contributed by atoms with Crippen LogP contribution in [0.1, 0.15) is 37.3 Å². The van der Waals surface area contributed by atoms with Crippen LogP contribution in [0.2, 0.25) is 0 Å². The van der Waals surface area contributed by atoms with E-state index in [0.717, 1.165) is 32.3 Å². The summed E-state index contributed by atoms with van der Waals surface area (Å²) in [6.45, 7) is 1.29. The molecule has 0 amide bonds. The van der Waals surface area contributed by atoms with Gasteiger partial charge >= 0.3 is 0 Å². The van der Waals surface area contributed by atoms with Gasteiger partial charge in [-0.05, 0) is 37.9 Å². The molecule has 0 unspecified atom stereocenters. The molecule has 2 fully saturated rings. The monoisotopic (exact) mass is 295 g/mol. The third-order valence-electron chi connectivity index (χ3n) is 3.62. The van der Waals surface area contributed by atoms with Crippen molar-refractivity contribution in [3.63, 3.8) is 0 Å². The zero-order valence-electron chi connectivity index (χ0n) is 11.0. The standard InChI is InChI=1S/C13H17N3O3S/c17-11-10(7-14-6-9-2-1-5-19-9)12(18)16(8-3-4-8)13(20)15-11/h7-9,18H,1-6H2,(H,15,17,20)/t9-/m0/s1. The van der Waals surface area contributed by atoms with Gasteiger partial charge in [-0.1, -0.05) is 0 Å². The predicted molar refractivity (Wildman–Crippen MR) is 77.3 cm³/mol. The predicted octanol–water partition coefficient (Wildman–Crippen LogP) is 1.54. The van der Waals surface area contributed by atoms with Gasteiger partial charge in [0.15, 0.2) is 4.77 Å². The van der Waals surface area contributed by atoms with E-state index in [4.69, 9.17) is 17.0 Å². The van der Waals surface area contributed by atoms with Crippen molar-refractivity contribution >= 4 is 18.4 Å². The summed E-state index contributed by atoms with van der Waals surface area (Å²) in [4.78, 5) is 18.7. The molecular weight excluding hydrogens is 278 g/mol. The maximum atomic E-state index is 11.9. The van der Waals surface area contributed by atoms with E-state index >= 15 is 0 Å². The Morgan fingerprint density at radius 2 is 2.30 bits per heavy atom. The zero-order chi connectivity index (χ0) is 14.1. The number of ether oxygens (including phenoxy) is 1. The summed E-state index contributed by atoms with van der Waals surface area (Å²) in [6.07, 6.45) is 5.54. The van der Waals surface area contributed by atoms with E-state index in [9.17, 15) is 9.90 Å². The molecule has 0 aromatic carbocycles. The molecule has 0 spiro atoms. The van der Waals surface area contributed by atoms with Gasteiger partial charge in [-0.3, -0.25) is 19.3 Å². The molecule has 1 atom stereocenters. The number of nitrogens with zero attached hydrogens (tertiary/aromatic N) is 2. The highest BCUT2D eigenvalue weighted by Gasteiger charge is 2.27. The maximum Gasteiger partial charge on any atom is 0.264 e. The van der Waals surface area contributed by atoms with Crippen LogP contribution < -0.4 is 5.56 Å². The van der Waals surface area contributed by atoms with Crippen molar-refractivity contribution in [2.24, 2.45) is 4.99 Å². The quantitative estimate of drug-likeness (QED) is 0.652. The van der Waals surface area contributed by atoms with E-state index in [1.807, 2.05) is 0 Å². The largest absolute Gasteiger partial charge is 0.494 e. The van der Waals surface area contributed by atoms with Gasteiger partial charge in [0.1, 0.15) is 5.56 Å². The lowest BCUT2D eigenvalue weighted by molar-refractivity contribution is 0.118. The molecule has 108 valence electrons. The van der Waals surface area contributed by atoms with Crippen molar-refractivity contribution in [2.75, 3.05) is 13.2 Å².